The van der Waals surface area contributed by atoms with E-state index in [1.165, 1.54) is 59.9 Å². The standard InChI is InChI=1S/C18H19F3N6O2.C17H16F3N5O5/c19-18(20,21)29-14-3-1-13(2-4-14)25-16-15-17(23-11-22-16)27(12-24-15)6-5-26-7-9-28-10-8-26;18-17(19,20)30-9-3-1-8(2-4-9)24-14-11-15(22-6-21-14)25(7-23-11)16-13(28)12(27)10(5-26)29-16/h1-4,11-12H,5-10H2,(H,22,23,25);1-4,6-7,10,12-13,16,26-28H,5H2,(H,21,22,24). The molecule has 59 heavy (non-hydrogen) atoms. The van der Waals surface area contributed by atoms with E-state index in [9.17, 15) is 41.7 Å². The highest BCUT2D eigenvalue weighted by Crippen LogP contribution is 2.33. The molecule has 4 unspecified atom stereocenters. The van der Waals surface area contributed by atoms with Gasteiger partial charge in [-0.15, -0.1) is 26.3 Å². The summed E-state index contributed by atoms with van der Waals surface area (Å²) in [6.07, 6.45) is -8.37. The van der Waals surface area contributed by atoms with Gasteiger partial charge in [-0.1, -0.05) is 0 Å². The van der Waals surface area contributed by atoms with E-state index < -0.39 is 43.9 Å². The summed E-state index contributed by atoms with van der Waals surface area (Å²) in [6, 6.07) is 10.5. The maximum atomic E-state index is 12.3. The first-order chi connectivity index (χ1) is 28.2. The van der Waals surface area contributed by atoms with Crippen LogP contribution in [0.5, 0.6) is 11.5 Å². The van der Waals surface area contributed by atoms with Crippen molar-refractivity contribution in [3.63, 3.8) is 0 Å². The number of aromatic nitrogens is 8. The van der Waals surface area contributed by atoms with Crippen molar-refractivity contribution >= 4 is 45.3 Å². The third-order valence-corrected chi connectivity index (χ3v) is 9.01. The number of halogens is 6. The Morgan fingerprint density at radius 1 is 0.678 bits per heavy atom. The van der Waals surface area contributed by atoms with E-state index in [0.29, 0.717) is 33.9 Å². The van der Waals surface area contributed by atoms with Crippen LogP contribution in [-0.2, 0) is 16.0 Å². The molecule has 0 radical (unpaired) electrons. The van der Waals surface area contributed by atoms with Crippen molar-refractivity contribution in [2.24, 2.45) is 0 Å². The number of alkyl halides is 6. The molecule has 6 heterocycles. The van der Waals surface area contributed by atoms with Crippen molar-refractivity contribution in [2.45, 2.75) is 43.8 Å². The molecular formula is C35H35F6N11O7. The minimum absolute atomic E-state index is 0.259. The molecule has 0 bridgehead atoms. The molecule has 2 aliphatic heterocycles. The summed E-state index contributed by atoms with van der Waals surface area (Å²) in [5.41, 5.74) is 2.83. The van der Waals surface area contributed by atoms with Gasteiger partial charge in [-0.3, -0.25) is 9.47 Å². The summed E-state index contributed by atoms with van der Waals surface area (Å²) in [5.74, 6) is 0.0809. The molecule has 0 spiro atoms. The van der Waals surface area contributed by atoms with Gasteiger partial charge in [-0.2, -0.15) is 0 Å². The smallest absolute Gasteiger partial charge is 0.406 e. The zero-order chi connectivity index (χ0) is 41.7. The second kappa shape index (κ2) is 17.5. The van der Waals surface area contributed by atoms with E-state index in [2.05, 4.69) is 54.9 Å². The highest BCUT2D eigenvalue weighted by Gasteiger charge is 2.44. The summed E-state index contributed by atoms with van der Waals surface area (Å²) >= 11 is 0. The molecule has 0 saturated carbocycles. The first-order valence-corrected chi connectivity index (χ1v) is 17.8. The number of nitrogens with zero attached hydrogens (tertiary/aromatic N) is 9. The molecular weight excluding hydrogens is 800 g/mol. The van der Waals surface area contributed by atoms with E-state index in [0.717, 1.165) is 51.5 Å². The van der Waals surface area contributed by atoms with Gasteiger partial charge in [0.2, 0.25) is 0 Å². The SMILES string of the molecule is FC(F)(F)Oc1ccc(Nc2ncnc3c2ncn3CCN2CCOCC2)cc1.OCC1OC(n2cnc3c(Nc4ccc(OC(F)(F)F)cc4)ncnc32)C(O)C1O. The first-order valence-electron chi connectivity index (χ1n) is 17.8. The fourth-order valence-electron chi connectivity index (χ4n) is 6.20. The second-order valence-corrected chi connectivity index (χ2v) is 13.0. The minimum atomic E-state index is -4.78. The minimum Gasteiger partial charge on any atom is -0.406 e. The maximum absolute atomic E-state index is 12.3. The molecule has 8 rings (SSSR count). The Labute approximate surface area is 329 Å². The lowest BCUT2D eigenvalue weighted by Gasteiger charge is -2.26. The Balaban J connectivity index is 0.000000179. The predicted octanol–water partition coefficient (Wildman–Crippen LogP) is 3.88. The van der Waals surface area contributed by atoms with E-state index in [4.69, 9.17) is 9.47 Å². The van der Waals surface area contributed by atoms with Gasteiger partial charge in [0, 0.05) is 37.6 Å². The molecule has 2 aliphatic rings. The summed E-state index contributed by atoms with van der Waals surface area (Å²) in [7, 11) is 0. The molecule has 4 atom stereocenters. The summed E-state index contributed by atoms with van der Waals surface area (Å²) < 4.78 is 95.5. The van der Waals surface area contributed by atoms with Crippen LogP contribution < -0.4 is 20.1 Å². The summed E-state index contributed by atoms with van der Waals surface area (Å²) in [6.45, 7) is 4.42. The Morgan fingerprint density at radius 2 is 1.20 bits per heavy atom. The zero-order valence-corrected chi connectivity index (χ0v) is 30.5. The Morgan fingerprint density at radius 3 is 1.73 bits per heavy atom. The molecule has 2 saturated heterocycles. The van der Waals surface area contributed by atoms with Crippen LogP contribution in [-0.4, -0.2) is 130 Å². The number of aliphatic hydroxyl groups excluding tert-OH is 3. The van der Waals surface area contributed by atoms with Gasteiger partial charge < -0.3 is 49.5 Å². The van der Waals surface area contributed by atoms with E-state index in [1.54, 1.807) is 6.33 Å². The third-order valence-electron chi connectivity index (χ3n) is 9.01. The van der Waals surface area contributed by atoms with Crippen LogP contribution in [0, 0.1) is 0 Å². The van der Waals surface area contributed by atoms with Crippen molar-refractivity contribution in [1.82, 2.24) is 43.9 Å². The lowest BCUT2D eigenvalue weighted by Crippen LogP contribution is -2.38. The summed E-state index contributed by atoms with van der Waals surface area (Å²) in [4.78, 5) is 27.7. The van der Waals surface area contributed by atoms with Gasteiger partial charge in [-0.25, -0.2) is 29.9 Å². The van der Waals surface area contributed by atoms with Gasteiger partial charge in [0.15, 0.2) is 40.2 Å². The van der Waals surface area contributed by atoms with Gasteiger partial charge in [0.25, 0.3) is 0 Å². The van der Waals surface area contributed by atoms with Gasteiger partial charge >= 0.3 is 12.7 Å². The second-order valence-electron chi connectivity index (χ2n) is 13.0. The number of anilines is 4. The molecule has 0 amide bonds. The van der Waals surface area contributed by atoms with E-state index in [-0.39, 0.29) is 23.0 Å². The fourth-order valence-corrected chi connectivity index (χ4v) is 6.20. The Kier molecular flexibility index (Phi) is 12.2. The topological polar surface area (TPSA) is 212 Å². The van der Waals surface area contributed by atoms with Crippen LogP contribution in [0.4, 0.5) is 49.4 Å². The lowest BCUT2D eigenvalue weighted by atomic mass is 10.1. The van der Waals surface area contributed by atoms with Crippen molar-refractivity contribution in [3.05, 3.63) is 73.8 Å². The average Bonchev–Trinajstić information content (AvgIpc) is 3.91. The number of hydrogen-bond donors (Lipinski definition) is 5. The van der Waals surface area contributed by atoms with E-state index in [1.807, 2.05) is 4.57 Å². The normalized spacial score (nSPS) is 20.0. The first kappa shape index (κ1) is 41.2. The summed E-state index contributed by atoms with van der Waals surface area (Å²) in [5, 5.41) is 35.4. The van der Waals surface area contributed by atoms with Crippen molar-refractivity contribution in [1.29, 1.82) is 0 Å². The number of nitrogens with one attached hydrogen (secondary N) is 2. The van der Waals surface area contributed by atoms with E-state index >= 15 is 0 Å². The molecule has 18 nitrogen and oxygen atoms in total. The van der Waals surface area contributed by atoms with Crippen LogP contribution in [0.2, 0.25) is 0 Å². The predicted molar refractivity (Wildman–Crippen MR) is 194 cm³/mol. The van der Waals surface area contributed by atoms with Crippen LogP contribution in [0.3, 0.4) is 0 Å². The quantitative estimate of drug-likeness (QED) is 0.117. The average molecular weight is 836 g/mol. The Hall–Kier alpha value is -5.92. The number of fused-ring (bicyclic) bond motifs is 2. The van der Waals surface area contributed by atoms with Gasteiger partial charge in [0.05, 0.1) is 32.5 Å². The molecule has 314 valence electrons. The molecule has 24 heteroatoms. The number of rotatable bonds is 11. The third kappa shape index (κ3) is 10.2. The Bertz CT molecular complexity index is 2310. The highest BCUT2D eigenvalue weighted by atomic mass is 19.4. The number of ether oxygens (including phenoxy) is 4. The highest BCUT2D eigenvalue weighted by molar-refractivity contribution is 5.86. The molecule has 2 aromatic carbocycles. The molecule has 5 N–H and O–H groups in total. The fraction of sp³-hybridized carbons (Fsp3) is 0.371. The van der Waals surface area contributed by atoms with Crippen LogP contribution in [0.25, 0.3) is 22.3 Å². The van der Waals surface area contributed by atoms with Crippen molar-refractivity contribution < 1.29 is 60.6 Å². The molecule has 2 fully saturated rings. The van der Waals surface area contributed by atoms with Crippen LogP contribution in [0.1, 0.15) is 6.23 Å². The molecule has 4 aromatic heterocycles. The lowest BCUT2D eigenvalue weighted by molar-refractivity contribution is -0.275. The van der Waals surface area contributed by atoms with Crippen molar-refractivity contribution in [2.75, 3.05) is 50.1 Å². The number of morpholine rings is 1. The zero-order valence-electron chi connectivity index (χ0n) is 30.5. The largest absolute Gasteiger partial charge is 0.573 e. The van der Waals surface area contributed by atoms with Crippen LogP contribution in [0.15, 0.2) is 73.8 Å². The number of aliphatic hydroxyl groups is 3. The van der Waals surface area contributed by atoms with Gasteiger partial charge in [0.1, 0.15) is 42.5 Å². The number of imidazole rings is 2. The number of hydrogen-bond acceptors (Lipinski definition) is 16. The molecule has 6 aromatic rings. The van der Waals surface area contributed by atoms with Crippen LogP contribution >= 0.6 is 0 Å². The monoisotopic (exact) mass is 835 g/mol. The van der Waals surface area contributed by atoms with Gasteiger partial charge in [-0.05, 0) is 48.5 Å². The molecule has 0 aliphatic carbocycles. The maximum Gasteiger partial charge on any atom is 0.573 e. The van der Waals surface area contributed by atoms with Crippen molar-refractivity contribution in [3.8, 4) is 11.5 Å². The number of benzene rings is 2.